The molecule has 2 aliphatic heterocycles. The molecule has 15 N–H and O–H groups in total. The number of carbonyl (C=O) groups excluding carboxylic acids is 1. The fourth-order valence-corrected chi connectivity index (χ4v) is 2.98. The van der Waals surface area contributed by atoms with E-state index in [1.54, 1.807) is 0 Å². The molecule has 2 atom stereocenters. The number of hydrogen-bond donors (Lipinski definition) is 2. The van der Waals surface area contributed by atoms with Crippen molar-refractivity contribution in [1.29, 1.82) is 0 Å². The Labute approximate surface area is 123 Å². The van der Waals surface area contributed by atoms with Gasteiger partial charge in [0.25, 0.3) is 0 Å². The zero-order valence-electron chi connectivity index (χ0n) is 10.8. The van der Waals surface area contributed by atoms with Crippen LogP contribution in [0.25, 0.3) is 0 Å². The van der Waals surface area contributed by atoms with Gasteiger partial charge in [-0.2, -0.15) is 0 Å². The van der Waals surface area contributed by atoms with Crippen LogP contribution in [0.3, 0.4) is 0 Å². The van der Waals surface area contributed by atoms with Gasteiger partial charge in [0.05, 0.1) is 0 Å². The smallest absolute Gasteiger partial charge is 0.352 e. The summed E-state index contributed by atoms with van der Waals surface area (Å²) in [6.07, 6.45) is 1.48. The maximum atomic E-state index is 11.4. The molecule has 0 aromatic rings. The molecule has 0 spiro atoms. The van der Waals surface area contributed by atoms with Gasteiger partial charge in [-0.25, -0.2) is 4.79 Å². The maximum Gasteiger partial charge on any atom is 0.352 e. The summed E-state index contributed by atoms with van der Waals surface area (Å²) in [4.78, 5) is 23.7. The van der Waals surface area contributed by atoms with Gasteiger partial charge in [0.1, 0.15) is 17.1 Å². The first-order valence-corrected chi connectivity index (χ1v) is 5.42. The van der Waals surface area contributed by atoms with E-state index in [9.17, 15) is 9.59 Å². The minimum Gasteiger partial charge on any atom is -0.477 e. The molecular weight excluding hydrogens is 312 g/mol. The van der Waals surface area contributed by atoms with E-state index in [2.05, 4.69) is 6.58 Å². The van der Waals surface area contributed by atoms with E-state index >= 15 is 0 Å². The highest BCUT2D eigenvalue weighted by Gasteiger charge is 2.51. The van der Waals surface area contributed by atoms with E-state index in [0.717, 1.165) is 0 Å². The molecule has 2 rings (SSSR count). The van der Waals surface area contributed by atoms with Crippen molar-refractivity contribution in [2.45, 2.75) is 11.4 Å². The van der Waals surface area contributed by atoms with Crippen molar-refractivity contribution >= 4 is 23.6 Å². The highest BCUT2D eigenvalue weighted by molar-refractivity contribution is 8.00. The standard InChI is InChI=1S/C9H10N2O3S.6H2O/c1-2-4-3-15-8-5(10)7(12)11(8)6(4)9(13)14;;;;;;/h2,5,8H,1,3,10H2,(H,13,14);6*1H2. The third kappa shape index (κ3) is 4.48. The SMILES string of the molecule is C=CC1=C(C(=O)O)N2C(=O)C(N)C2SC1.O.O.O.O.O.O. The van der Waals surface area contributed by atoms with E-state index in [1.807, 2.05) is 0 Å². The lowest BCUT2D eigenvalue weighted by atomic mass is 10.0. The van der Waals surface area contributed by atoms with Gasteiger partial charge in [0.15, 0.2) is 0 Å². The Morgan fingerprint density at radius 3 is 2.14 bits per heavy atom. The summed E-state index contributed by atoms with van der Waals surface area (Å²) in [5.74, 6) is -0.896. The molecule has 2 unspecified atom stereocenters. The van der Waals surface area contributed by atoms with Crippen LogP contribution >= 0.6 is 11.8 Å². The largest absolute Gasteiger partial charge is 0.477 e. The van der Waals surface area contributed by atoms with Crippen LogP contribution in [-0.2, 0) is 9.59 Å². The van der Waals surface area contributed by atoms with E-state index in [0.29, 0.717) is 11.3 Å². The highest BCUT2D eigenvalue weighted by Crippen LogP contribution is 2.39. The zero-order valence-corrected chi connectivity index (χ0v) is 11.7. The van der Waals surface area contributed by atoms with Crippen LogP contribution < -0.4 is 5.73 Å². The number of aliphatic carboxylic acids is 1. The second-order valence-electron chi connectivity index (χ2n) is 3.32. The van der Waals surface area contributed by atoms with Crippen molar-refractivity contribution in [3.8, 4) is 0 Å². The second kappa shape index (κ2) is 11.2. The predicted octanol–water partition coefficient (Wildman–Crippen LogP) is -5.19. The van der Waals surface area contributed by atoms with Gasteiger partial charge in [0, 0.05) is 5.75 Å². The van der Waals surface area contributed by atoms with Crippen molar-refractivity contribution in [2.75, 3.05) is 5.75 Å². The fraction of sp³-hybridized carbons (Fsp3) is 0.333. The minimum atomic E-state index is -1.10. The Morgan fingerprint density at radius 2 is 1.76 bits per heavy atom. The molecular formula is C9H22N2O9S. The molecule has 0 aromatic carbocycles. The molecule has 1 fully saturated rings. The minimum absolute atomic E-state index is 0. The summed E-state index contributed by atoms with van der Waals surface area (Å²) in [6, 6.07) is -0.573. The number of amides is 1. The quantitative estimate of drug-likeness (QED) is 0.467. The van der Waals surface area contributed by atoms with Crippen molar-refractivity contribution in [2.24, 2.45) is 5.73 Å². The Kier molecular flexibility index (Phi) is 16.9. The highest BCUT2D eigenvalue weighted by atomic mass is 32.2. The number of nitrogens with two attached hydrogens (primary N) is 1. The first-order chi connectivity index (χ1) is 7.07. The van der Waals surface area contributed by atoms with Gasteiger partial charge in [0.2, 0.25) is 5.91 Å². The van der Waals surface area contributed by atoms with Crippen LogP contribution in [0.5, 0.6) is 0 Å². The lowest BCUT2D eigenvalue weighted by Crippen LogP contribution is -2.68. The average Bonchev–Trinajstić information content (AvgIpc) is 2.25. The number of nitrogens with zero attached hydrogens (tertiary/aromatic N) is 1. The van der Waals surface area contributed by atoms with Gasteiger partial charge in [-0.1, -0.05) is 12.7 Å². The lowest BCUT2D eigenvalue weighted by molar-refractivity contribution is -0.147. The van der Waals surface area contributed by atoms with Gasteiger partial charge < -0.3 is 43.7 Å². The molecule has 128 valence electrons. The molecule has 0 saturated carbocycles. The number of fused-ring (bicyclic) bond motifs is 1. The summed E-state index contributed by atoms with van der Waals surface area (Å²) in [6.45, 7) is 3.54. The molecule has 0 bridgehead atoms. The lowest BCUT2D eigenvalue weighted by Gasteiger charge is -2.47. The number of carbonyl (C=O) groups is 2. The van der Waals surface area contributed by atoms with Crippen LogP contribution in [-0.4, -0.2) is 71.9 Å². The summed E-state index contributed by atoms with van der Waals surface area (Å²) >= 11 is 1.47. The monoisotopic (exact) mass is 334 g/mol. The Hall–Kier alpha value is -1.51. The molecule has 2 aliphatic rings. The Morgan fingerprint density at radius 1 is 1.29 bits per heavy atom. The van der Waals surface area contributed by atoms with E-state index in [4.69, 9.17) is 10.8 Å². The molecule has 0 aliphatic carbocycles. The van der Waals surface area contributed by atoms with Crippen molar-refractivity contribution in [3.63, 3.8) is 0 Å². The Bertz CT molecular complexity index is 401. The number of carboxylic acid groups (broad SMARTS) is 1. The Balaban J connectivity index is -0.000000142. The van der Waals surface area contributed by atoms with Crippen LogP contribution in [0, 0.1) is 0 Å². The fourth-order valence-electron chi connectivity index (χ4n) is 1.70. The molecule has 0 radical (unpaired) electrons. The zero-order chi connectivity index (χ0) is 11.2. The predicted molar refractivity (Wildman–Crippen MR) is 77.6 cm³/mol. The second-order valence-corrected chi connectivity index (χ2v) is 4.42. The molecule has 12 heteroatoms. The average molecular weight is 334 g/mol. The first kappa shape index (κ1) is 31.7. The maximum absolute atomic E-state index is 11.4. The normalized spacial score (nSPS) is 21.2. The van der Waals surface area contributed by atoms with Crippen molar-refractivity contribution < 1.29 is 47.6 Å². The van der Waals surface area contributed by atoms with Crippen LogP contribution in [0.1, 0.15) is 0 Å². The number of hydrogen-bond acceptors (Lipinski definition) is 4. The summed E-state index contributed by atoms with van der Waals surface area (Å²) in [5, 5.41) is 8.79. The molecule has 11 nitrogen and oxygen atoms in total. The van der Waals surface area contributed by atoms with E-state index in [1.165, 1.54) is 22.7 Å². The van der Waals surface area contributed by atoms with E-state index in [-0.39, 0.29) is 49.8 Å². The molecule has 2 heterocycles. The van der Waals surface area contributed by atoms with Crippen LogP contribution in [0.15, 0.2) is 23.9 Å². The summed E-state index contributed by atoms with van der Waals surface area (Å²) in [5.41, 5.74) is 6.17. The third-order valence-electron chi connectivity index (χ3n) is 2.49. The topological polar surface area (TPSA) is 273 Å². The number of thioether (sulfide) groups is 1. The van der Waals surface area contributed by atoms with Crippen molar-refractivity contribution in [1.82, 2.24) is 4.90 Å². The van der Waals surface area contributed by atoms with Gasteiger partial charge >= 0.3 is 5.97 Å². The van der Waals surface area contributed by atoms with Gasteiger partial charge in [-0.05, 0) is 5.57 Å². The van der Waals surface area contributed by atoms with Gasteiger partial charge in [-0.3, -0.25) is 9.69 Å². The number of β-lactam (4-membered cyclic amide) rings is 1. The first-order valence-electron chi connectivity index (χ1n) is 4.37. The molecule has 0 aromatic heterocycles. The number of carboxylic acids is 1. The molecule has 21 heavy (non-hydrogen) atoms. The number of allylic oxidation sites excluding steroid dienone is 1. The third-order valence-corrected chi connectivity index (χ3v) is 3.81. The molecule has 1 amide bonds. The summed E-state index contributed by atoms with van der Waals surface area (Å²) in [7, 11) is 0. The van der Waals surface area contributed by atoms with Gasteiger partial charge in [-0.15, -0.1) is 11.8 Å². The van der Waals surface area contributed by atoms with Crippen LogP contribution in [0.4, 0.5) is 0 Å². The van der Waals surface area contributed by atoms with E-state index < -0.39 is 12.0 Å². The van der Waals surface area contributed by atoms with Crippen LogP contribution in [0.2, 0.25) is 0 Å². The van der Waals surface area contributed by atoms with Crippen molar-refractivity contribution in [3.05, 3.63) is 23.9 Å². The summed E-state index contributed by atoms with van der Waals surface area (Å²) < 4.78 is 0. The number of rotatable bonds is 2. The molecule has 1 saturated heterocycles.